The number of nitrogens with zero attached hydrogens (tertiary/aromatic N) is 2. The van der Waals surface area contributed by atoms with Gasteiger partial charge < -0.3 is 24.5 Å². The average molecular weight is 538 g/mol. The molecule has 9 heteroatoms. The van der Waals surface area contributed by atoms with Gasteiger partial charge in [0, 0.05) is 44.0 Å². The second kappa shape index (κ2) is 12.3. The van der Waals surface area contributed by atoms with E-state index in [-0.39, 0.29) is 17.1 Å². The number of carbonyl (C=O) groups excluding carboxylic acids is 1. The van der Waals surface area contributed by atoms with Gasteiger partial charge in [-0.3, -0.25) is 14.5 Å². The number of halogens is 1. The van der Waals surface area contributed by atoms with Crippen LogP contribution in [0.1, 0.15) is 46.9 Å². The van der Waals surface area contributed by atoms with Crippen molar-refractivity contribution in [1.82, 2.24) is 14.8 Å². The lowest BCUT2D eigenvalue weighted by Gasteiger charge is -2.35. The third-order valence-corrected chi connectivity index (χ3v) is 7.26. The summed E-state index contributed by atoms with van der Waals surface area (Å²) in [6, 6.07) is 10.6. The molecule has 0 unspecified atom stereocenters. The molecule has 39 heavy (non-hydrogen) atoms. The van der Waals surface area contributed by atoms with Crippen molar-refractivity contribution in [3.63, 3.8) is 0 Å². The second-order valence-corrected chi connectivity index (χ2v) is 9.79. The molecular formula is C30H36FN3O5. The number of unbranched alkanes of at least 4 members (excludes halogenated alkanes) is 1. The van der Waals surface area contributed by atoms with Crippen molar-refractivity contribution in [2.75, 3.05) is 40.4 Å². The van der Waals surface area contributed by atoms with Gasteiger partial charge in [0.15, 0.2) is 0 Å². The number of pyridine rings is 1. The molecule has 208 valence electrons. The minimum absolute atomic E-state index is 0.213. The van der Waals surface area contributed by atoms with E-state index >= 15 is 0 Å². The molecule has 1 aliphatic rings. The highest BCUT2D eigenvalue weighted by molar-refractivity contribution is 6.00. The minimum Gasteiger partial charge on any atom is -0.506 e. The lowest BCUT2D eigenvalue weighted by Crippen LogP contribution is -2.49. The van der Waals surface area contributed by atoms with Crippen molar-refractivity contribution in [2.45, 2.75) is 39.7 Å². The molecule has 2 aromatic carbocycles. The number of carbonyl (C=O) groups is 1. The molecular weight excluding hydrogens is 501 g/mol. The van der Waals surface area contributed by atoms with Gasteiger partial charge in [-0.15, -0.1) is 0 Å². The molecule has 8 nitrogen and oxygen atoms in total. The number of amides is 1. The van der Waals surface area contributed by atoms with Crippen LogP contribution < -0.4 is 15.0 Å². The number of aromatic nitrogens is 1. The molecule has 1 aromatic heterocycles. The van der Waals surface area contributed by atoms with E-state index in [9.17, 15) is 19.1 Å². The zero-order valence-corrected chi connectivity index (χ0v) is 23.0. The third-order valence-electron chi connectivity index (χ3n) is 7.26. The van der Waals surface area contributed by atoms with E-state index < -0.39 is 11.5 Å². The molecule has 1 aliphatic heterocycles. The molecule has 4 rings (SSSR count). The Balaban J connectivity index is 1.66. The van der Waals surface area contributed by atoms with E-state index in [0.717, 1.165) is 12.8 Å². The van der Waals surface area contributed by atoms with Crippen molar-refractivity contribution in [3.8, 4) is 28.4 Å². The standard InChI is InChI=1S/C30H36FN3O5/c1-5-6-11-21-24(25-22(38-3)12-8-13-23(25)39-4)28(35)26(29(36)32-21)30(37)34-16-14-33(15-17-34)18-20-10-7-9-19(2)27(20)31/h7-10,12-13H,5-6,11,14-18H2,1-4H3,(H2,32,35,36). The van der Waals surface area contributed by atoms with Gasteiger partial charge in [-0.1, -0.05) is 37.6 Å². The number of hydrogen-bond acceptors (Lipinski definition) is 6. The predicted molar refractivity (Wildman–Crippen MR) is 148 cm³/mol. The van der Waals surface area contributed by atoms with E-state index in [1.165, 1.54) is 14.2 Å². The Kier molecular flexibility index (Phi) is 8.91. The maximum atomic E-state index is 14.5. The van der Waals surface area contributed by atoms with Crippen molar-refractivity contribution < 1.29 is 23.8 Å². The summed E-state index contributed by atoms with van der Waals surface area (Å²) >= 11 is 0. The van der Waals surface area contributed by atoms with Crippen LogP contribution in [-0.4, -0.2) is 66.2 Å². The lowest BCUT2D eigenvalue weighted by molar-refractivity contribution is 0.0622. The Morgan fingerprint density at radius 1 is 1.03 bits per heavy atom. The van der Waals surface area contributed by atoms with Crippen molar-refractivity contribution >= 4 is 5.91 Å². The Hall–Kier alpha value is -3.85. The first-order valence-corrected chi connectivity index (χ1v) is 13.3. The number of methoxy groups -OCH3 is 2. The zero-order valence-electron chi connectivity index (χ0n) is 23.0. The van der Waals surface area contributed by atoms with Gasteiger partial charge >= 0.3 is 0 Å². The number of aromatic amines is 1. The fourth-order valence-electron chi connectivity index (χ4n) is 5.08. The summed E-state index contributed by atoms with van der Waals surface area (Å²) < 4.78 is 25.6. The predicted octanol–water partition coefficient (Wildman–Crippen LogP) is 4.51. The number of benzene rings is 2. The summed E-state index contributed by atoms with van der Waals surface area (Å²) in [5.41, 5.74) is 1.59. The summed E-state index contributed by atoms with van der Waals surface area (Å²) in [7, 11) is 3.03. The van der Waals surface area contributed by atoms with Crippen LogP contribution in [0.2, 0.25) is 0 Å². The summed E-state index contributed by atoms with van der Waals surface area (Å²) in [6.45, 7) is 5.92. The Labute approximate surface area is 228 Å². The number of nitrogens with one attached hydrogen (secondary N) is 1. The zero-order chi connectivity index (χ0) is 28.1. The molecule has 3 aromatic rings. The van der Waals surface area contributed by atoms with Crippen LogP contribution in [0, 0.1) is 12.7 Å². The maximum absolute atomic E-state index is 14.5. The summed E-state index contributed by atoms with van der Waals surface area (Å²) in [5, 5.41) is 11.5. The summed E-state index contributed by atoms with van der Waals surface area (Å²) in [5.74, 6) is -0.251. The third kappa shape index (κ3) is 5.78. The Morgan fingerprint density at radius 2 is 1.67 bits per heavy atom. The molecule has 0 saturated carbocycles. The molecule has 0 aliphatic carbocycles. The molecule has 0 spiro atoms. The number of ether oxygens (including phenoxy) is 2. The normalized spacial score (nSPS) is 13.9. The highest BCUT2D eigenvalue weighted by atomic mass is 19.1. The molecule has 0 atom stereocenters. The molecule has 1 amide bonds. The second-order valence-electron chi connectivity index (χ2n) is 9.79. The van der Waals surface area contributed by atoms with Crippen LogP contribution >= 0.6 is 0 Å². The van der Waals surface area contributed by atoms with Crippen LogP contribution in [0.5, 0.6) is 17.2 Å². The fraction of sp³-hybridized carbons (Fsp3) is 0.400. The number of hydrogen-bond donors (Lipinski definition) is 2. The monoisotopic (exact) mass is 537 g/mol. The van der Waals surface area contributed by atoms with Gasteiger partial charge in [-0.25, -0.2) is 4.39 Å². The summed E-state index contributed by atoms with van der Waals surface area (Å²) in [4.78, 5) is 33.3. The molecule has 2 N–H and O–H groups in total. The first kappa shape index (κ1) is 28.2. The average Bonchev–Trinajstić information content (AvgIpc) is 2.94. The van der Waals surface area contributed by atoms with Crippen molar-refractivity contribution in [3.05, 3.63) is 75.0 Å². The van der Waals surface area contributed by atoms with E-state index in [1.54, 1.807) is 42.2 Å². The van der Waals surface area contributed by atoms with Crippen molar-refractivity contribution in [2.24, 2.45) is 0 Å². The van der Waals surface area contributed by atoms with Crippen LogP contribution in [0.4, 0.5) is 4.39 Å². The number of aromatic hydroxyl groups is 1. The van der Waals surface area contributed by atoms with Gasteiger partial charge in [0.05, 0.1) is 25.3 Å². The number of piperazine rings is 1. The van der Waals surface area contributed by atoms with E-state index in [2.05, 4.69) is 9.88 Å². The molecule has 2 heterocycles. The molecule has 0 bridgehead atoms. The van der Waals surface area contributed by atoms with Gasteiger partial charge in [0.1, 0.15) is 28.6 Å². The first-order valence-electron chi connectivity index (χ1n) is 13.3. The molecule has 1 fully saturated rings. The van der Waals surface area contributed by atoms with Crippen LogP contribution in [0.3, 0.4) is 0 Å². The SMILES string of the molecule is CCCCc1[nH]c(=O)c(C(=O)N2CCN(Cc3cccc(C)c3F)CC2)c(O)c1-c1c(OC)cccc1OC. The maximum Gasteiger partial charge on any atom is 0.264 e. The van der Waals surface area contributed by atoms with E-state index in [1.807, 2.05) is 13.0 Å². The van der Waals surface area contributed by atoms with Crippen LogP contribution in [-0.2, 0) is 13.0 Å². The van der Waals surface area contributed by atoms with Gasteiger partial charge in [-0.2, -0.15) is 0 Å². The fourth-order valence-corrected chi connectivity index (χ4v) is 5.08. The van der Waals surface area contributed by atoms with E-state index in [4.69, 9.17) is 9.47 Å². The highest BCUT2D eigenvalue weighted by Gasteiger charge is 2.31. The van der Waals surface area contributed by atoms with E-state index in [0.29, 0.717) is 78.6 Å². The van der Waals surface area contributed by atoms with Gasteiger partial charge in [0.2, 0.25) is 0 Å². The smallest absolute Gasteiger partial charge is 0.264 e. The quantitative estimate of drug-likeness (QED) is 0.417. The minimum atomic E-state index is -0.634. The Bertz CT molecular complexity index is 1370. The molecule has 0 radical (unpaired) electrons. The lowest BCUT2D eigenvalue weighted by atomic mass is 9.95. The van der Waals surface area contributed by atoms with Crippen LogP contribution in [0.25, 0.3) is 11.1 Å². The summed E-state index contributed by atoms with van der Waals surface area (Å²) in [6.07, 6.45) is 2.15. The number of aryl methyl sites for hydroxylation is 2. The first-order chi connectivity index (χ1) is 18.8. The number of rotatable bonds is 9. The molecule has 1 saturated heterocycles. The van der Waals surface area contributed by atoms with Gasteiger partial charge in [0.25, 0.3) is 11.5 Å². The topological polar surface area (TPSA) is 95.1 Å². The number of H-pyrrole nitrogens is 1. The van der Waals surface area contributed by atoms with Crippen molar-refractivity contribution in [1.29, 1.82) is 0 Å². The highest BCUT2D eigenvalue weighted by Crippen LogP contribution is 2.44. The van der Waals surface area contributed by atoms with Gasteiger partial charge in [-0.05, 0) is 37.5 Å². The largest absolute Gasteiger partial charge is 0.506 e. The van der Waals surface area contributed by atoms with Crippen LogP contribution in [0.15, 0.2) is 41.2 Å². The Morgan fingerprint density at radius 3 is 2.28 bits per heavy atom.